The molecule has 0 aliphatic heterocycles. The maximum Gasteiger partial charge on any atom is 0.232 e. The van der Waals surface area contributed by atoms with Crippen molar-refractivity contribution in [2.45, 2.75) is 0 Å². The second-order valence-corrected chi connectivity index (χ2v) is 5.44. The van der Waals surface area contributed by atoms with E-state index in [1.807, 2.05) is 24.3 Å². The van der Waals surface area contributed by atoms with Crippen LogP contribution in [0.4, 0.5) is 5.88 Å². The Morgan fingerprint density at radius 2 is 1.83 bits per heavy atom. The fourth-order valence-electron chi connectivity index (χ4n) is 2.41. The number of phenols is 2. The Hall–Kier alpha value is -2.86. The monoisotopic (exact) mass is 346 g/mol. The van der Waals surface area contributed by atoms with Gasteiger partial charge in [0.15, 0.2) is 0 Å². The van der Waals surface area contributed by atoms with Gasteiger partial charge < -0.3 is 24.8 Å². The summed E-state index contributed by atoms with van der Waals surface area (Å²) in [6.45, 7) is 0. The molecule has 0 radical (unpaired) electrons. The molecule has 0 atom stereocenters. The fraction of sp³-hybridized carbons (Fsp3) is 0.118. The number of aromatic hydroxyl groups is 2. The molecule has 6 nitrogen and oxygen atoms in total. The second-order valence-electron chi connectivity index (χ2n) is 5.03. The van der Waals surface area contributed by atoms with Crippen molar-refractivity contribution in [3.05, 3.63) is 41.4 Å². The lowest BCUT2D eigenvalue weighted by atomic mass is 10.00. The fourth-order valence-corrected chi connectivity index (χ4v) is 2.57. The van der Waals surface area contributed by atoms with Gasteiger partial charge in [0.05, 0.1) is 17.7 Å². The van der Waals surface area contributed by atoms with E-state index in [1.54, 1.807) is 14.2 Å². The molecule has 2 aromatic carbocycles. The number of methoxy groups -OCH3 is 1. The number of aromatic nitrogens is 1. The zero-order valence-electron chi connectivity index (χ0n) is 13.0. The van der Waals surface area contributed by atoms with Crippen molar-refractivity contribution in [1.29, 1.82) is 0 Å². The number of hydrogen-bond acceptors (Lipinski definition) is 6. The van der Waals surface area contributed by atoms with Crippen LogP contribution < -0.4 is 10.1 Å². The zero-order valence-corrected chi connectivity index (χ0v) is 13.8. The van der Waals surface area contributed by atoms with Crippen LogP contribution in [0.1, 0.15) is 0 Å². The van der Waals surface area contributed by atoms with Gasteiger partial charge in [0.1, 0.15) is 22.9 Å². The third-order valence-electron chi connectivity index (χ3n) is 3.62. The van der Waals surface area contributed by atoms with Crippen LogP contribution in [0.15, 0.2) is 40.9 Å². The van der Waals surface area contributed by atoms with Crippen LogP contribution in [0.5, 0.6) is 17.2 Å². The molecule has 0 unspecified atom stereocenters. The first-order valence-corrected chi connectivity index (χ1v) is 7.46. The average molecular weight is 347 g/mol. The minimum Gasteiger partial charge on any atom is -0.507 e. The molecule has 0 bridgehead atoms. The average Bonchev–Trinajstić information content (AvgIpc) is 3.02. The van der Waals surface area contributed by atoms with Gasteiger partial charge in [-0.2, -0.15) is 0 Å². The van der Waals surface area contributed by atoms with Crippen molar-refractivity contribution in [3.63, 3.8) is 0 Å². The van der Waals surface area contributed by atoms with E-state index in [9.17, 15) is 10.2 Å². The van der Waals surface area contributed by atoms with Crippen molar-refractivity contribution < 1.29 is 19.5 Å². The predicted octanol–water partition coefficient (Wildman–Crippen LogP) is 4.12. The first-order chi connectivity index (χ1) is 11.5. The van der Waals surface area contributed by atoms with E-state index < -0.39 is 0 Å². The summed E-state index contributed by atoms with van der Waals surface area (Å²) in [7, 11) is 3.30. The molecular weight excluding hydrogens is 332 g/mol. The highest BCUT2D eigenvalue weighted by molar-refractivity contribution is 6.32. The highest BCUT2D eigenvalue weighted by Crippen LogP contribution is 2.43. The Balaban J connectivity index is 2.20. The van der Waals surface area contributed by atoms with Gasteiger partial charge >= 0.3 is 0 Å². The molecule has 0 aliphatic rings. The van der Waals surface area contributed by atoms with Gasteiger partial charge in [-0.15, -0.1) is 0 Å². The zero-order chi connectivity index (χ0) is 17.3. The summed E-state index contributed by atoms with van der Waals surface area (Å²) in [6.07, 6.45) is 0. The van der Waals surface area contributed by atoms with Crippen molar-refractivity contribution in [2.24, 2.45) is 0 Å². The molecule has 0 fully saturated rings. The van der Waals surface area contributed by atoms with E-state index in [0.29, 0.717) is 22.7 Å². The van der Waals surface area contributed by atoms with Crippen molar-refractivity contribution >= 4 is 17.5 Å². The smallest absolute Gasteiger partial charge is 0.232 e. The van der Waals surface area contributed by atoms with Crippen LogP contribution in [0.3, 0.4) is 0 Å². The molecule has 3 aromatic rings. The molecule has 3 N–H and O–H groups in total. The van der Waals surface area contributed by atoms with Gasteiger partial charge in [-0.3, -0.25) is 0 Å². The number of ether oxygens (including phenoxy) is 1. The molecule has 124 valence electrons. The largest absolute Gasteiger partial charge is 0.507 e. The maximum atomic E-state index is 10.2. The SMILES string of the molecule is CNc1onc(-c2cc(Cl)c(O)cc2O)c1-c1ccc(OC)cc1. The van der Waals surface area contributed by atoms with E-state index in [1.165, 1.54) is 12.1 Å². The summed E-state index contributed by atoms with van der Waals surface area (Å²) < 4.78 is 10.5. The lowest BCUT2D eigenvalue weighted by Crippen LogP contribution is -1.90. The van der Waals surface area contributed by atoms with Crippen LogP contribution in [0.2, 0.25) is 5.02 Å². The van der Waals surface area contributed by atoms with Crippen molar-refractivity contribution in [1.82, 2.24) is 5.16 Å². The highest BCUT2D eigenvalue weighted by atomic mass is 35.5. The quantitative estimate of drug-likeness (QED) is 0.658. The Kier molecular flexibility index (Phi) is 4.22. The van der Waals surface area contributed by atoms with Gasteiger partial charge in [-0.05, 0) is 23.8 Å². The van der Waals surface area contributed by atoms with Crippen LogP contribution in [-0.2, 0) is 0 Å². The highest BCUT2D eigenvalue weighted by Gasteiger charge is 2.22. The third kappa shape index (κ3) is 2.72. The Morgan fingerprint density at radius 1 is 1.12 bits per heavy atom. The first kappa shape index (κ1) is 16.0. The van der Waals surface area contributed by atoms with Crippen molar-refractivity contribution in [2.75, 3.05) is 19.5 Å². The van der Waals surface area contributed by atoms with Gasteiger partial charge in [0.25, 0.3) is 0 Å². The summed E-state index contributed by atoms with van der Waals surface area (Å²) in [5.74, 6) is 0.806. The van der Waals surface area contributed by atoms with Crippen LogP contribution in [0, 0.1) is 0 Å². The first-order valence-electron chi connectivity index (χ1n) is 7.08. The normalized spacial score (nSPS) is 10.6. The van der Waals surface area contributed by atoms with E-state index >= 15 is 0 Å². The number of halogens is 1. The Morgan fingerprint density at radius 3 is 2.46 bits per heavy atom. The molecule has 0 saturated heterocycles. The molecule has 3 rings (SSSR count). The summed E-state index contributed by atoms with van der Waals surface area (Å²) in [5.41, 5.74) is 2.25. The summed E-state index contributed by atoms with van der Waals surface area (Å²) in [4.78, 5) is 0. The molecule has 0 saturated carbocycles. The molecule has 24 heavy (non-hydrogen) atoms. The minimum atomic E-state index is -0.207. The molecule has 0 aliphatic carbocycles. The number of rotatable bonds is 4. The standard InChI is InChI=1S/C17H15ClN2O4/c1-19-17-15(9-3-5-10(23-2)6-4-9)16(20-24-17)11-7-12(18)14(22)8-13(11)21/h3-8,19,21-22H,1-2H3. The maximum absolute atomic E-state index is 10.2. The van der Waals surface area contributed by atoms with Gasteiger partial charge in [-0.1, -0.05) is 28.9 Å². The van der Waals surface area contributed by atoms with Crippen LogP contribution in [-0.4, -0.2) is 29.5 Å². The number of benzene rings is 2. The summed E-state index contributed by atoms with van der Waals surface area (Å²) >= 11 is 5.96. The predicted molar refractivity (Wildman–Crippen MR) is 91.8 cm³/mol. The van der Waals surface area contributed by atoms with Gasteiger partial charge in [0.2, 0.25) is 5.88 Å². The number of phenolic OH excluding ortho intramolecular Hbond substituents is 2. The number of anilines is 1. The molecule has 7 heteroatoms. The number of nitrogens with zero attached hydrogens (tertiary/aromatic N) is 1. The molecule has 0 spiro atoms. The minimum absolute atomic E-state index is 0.109. The topological polar surface area (TPSA) is 87.8 Å². The Bertz CT molecular complexity index is 875. The van der Waals surface area contributed by atoms with E-state index in [2.05, 4.69) is 10.5 Å². The van der Waals surface area contributed by atoms with Crippen LogP contribution >= 0.6 is 11.6 Å². The van der Waals surface area contributed by atoms with Crippen LogP contribution in [0.25, 0.3) is 22.4 Å². The summed E-state index contributed by atoms with van der Waals surface area (Å²) in [5, 5.41) is 26.9. The molecule has 1 heterocycles. The van der Waals surface area contributed by atoms with E-state index in [-0.39, 0.29) is 16.5 Å². The summed E-state index contributed by atoms with van der Waals surface area (Å²) in [6, 6.07) is 9.95. The van der Waals surface area contributed by atoms with Gasteiger partial charge in [-0.25, -0.2) is 0 Å². The number of hydrogen-bond donors (Lipinski definition) is 3. The van der Waals surface area contributed by atoms with E-state index in [0.717, 1.165) is 11.3 Å². The lowest BCUT2D eigenvalue weighted by Gasteiger charge is -2.08. The number of nitrogens with one attached hydrogen (secondary N) is 1. The second kappa shape index (κ2) is 6.33. The lowest BCUT2D eigenvalue weighted by molar-refractivity contribution is 0.415. The Labute approximate surface area is 143 Å². The third-order valence-corrected chi connectivity index (χ3v) is 3.92. The van der Waals surface area contributed by atoms with Crippen molar-refractivity contribution in [3.8, 4) is 39.6 Å². The van der Waals surface area contributed by atoms with E-state index in [4.69, 9.17) is 20.9 Å². The molecular formula is C17H15ClN2O4. The molecule has 0 amide bonds. The molecule has 1 aromatic heterocycles. The van der Waals surface area contributed by atoms with Gasteiger partial charge in [0, 0.05) is 18.7 Å².